The Hall–Kier alpha value is -2.36. The van der Waals surface area contributed by atoms with Gasteiger partial charge in [0, 0.05) is 11.4 Å². The number of amides is 1. The Morgan fingerprint density at radius 1 is 1.10 bits per heavy atom. The van der Waals surface area contributed by atoms with Crippen LogP contribution in [0, 0.1) is 19.7 Å². The molecule has 3 nitrogen and oxygen atoms in total. The number of anilines is 2. The van der Waals surface area contributed by atoms with Gasteiger partial charge in [-0.15, -0.1) is 0 Å². The number of hydrogen-bond acceptors (Lipinski definition) is 2. The molecule has 0 saturated heterocycles. The normalized spacial score (nSPS) is 11.8. The summed E-state index contributed by atoms with van der Waals surface area (Å²) in [6.07, 6.45) is 0. The van der Waals surface area contributed by atoms with Gasteiger partial charge in [-0.25, -0.2) is 4.39 Å². The van der Waals surface area contributed by atoms with Gasteiger partial charge < -0.3 is 10.6 Å². The Kier molecular flexibility index (Phi) is 4.58. The molecule has 2 N–H and O–H groups in total. The van der Waals surface area contributed by atoms with E-state index in [0.29, 0.717) is 5.69 Å². The van der Waals surface area contributed by atoms with Crippen LogP contribution in [0.5, 0.6) is 0 Å². The zero-order chi connectivity index (χ0) is 15.4. The SMILES string of the molecule is Cc1cccc(NC(C)C(=O)Nc2ccc(F)cc2)c1C. The van der Waals surface area contributed by atoms with Crippen molar-refractivity contribution in [1.82, 2.24) is 0 Å². The molecule has 1 unspecified atom stereocenters. The van der Waals surface area contributed by atoms with Crippen LogP contribution in [-0.2, 0) is 4.79 Å². The van der Waals surface area contributed by atoms with Gasteiger partial charge in [-0.1, -0.05) is 12.1 Å². The lowest BCUT2D eigenvalue weighted by Crippen LogP contribution is -2.32. The van der Waals surface area contributed by atoms with Crippen molar-refractivity contribution in [3.8, 4) is 0 Å². The lowest BCUT2D eigenvalue weighted by Gasteiger charge is -2.17. The van der Waals surface area contributed by atoms with Gasteiger partial charge in [0.2, 0.25) is 5.91 Å². The summed E-state index contributed by atoms with van der Waals surface area (Å²) in [5.41, 5.74) is 3.82. The highest BCUT2D eigenvalue weighted by Crippen LogP contribution is 2.19. The van der Waals surface area contributed by atoms with Crippen molar-refractivity contribution in [3.63, 3.8) is 0 Å². The molecule has 2 aromatic rings. The first kappa shape index (κ1) is 15.0. The fourth-order valence-electron chi connectivity index (χ4n) is 1.99. The molecule has 0 aliphatic rings. The van der Waals surface area contributed by atoms with Crippen LogP contribution in [0.15, 0.2) is 42.5 Å². The van der Waals surface area contributed by atoms with Crippen LogP contribution in [0.25, 0.3) is 0 Å². The maximum atomic E-state index is 12.8. The van der Waals surface area contributed by atoms with Gasteiger partial charge in [0.25, 0.3) is 0 Å². The zero-order valence-corrected chi connectivity index (χ0v) is 12.4. The van der Waals surface area contributed by atoms with E-state index in [2.05, 4.69) is 10.6 Å². The van der Waals surface area contributed by atoms with Crippen molar-refractivity contribution in [1.29, 1.82) is 0 Å². The molecular weight excluding hydrogens is 267 g/mol. The maximum absolute atomic E-state index is 12.8. The molecule has 2 aromatic carbocycles. The molecule has 0 fully saturated rings. The van der Waals surface area contributed by atoms with Crippen molar-refractivity contribution in [2.45, 2.75) is 26.8 Å². The summed E-state index contributed by atoms with van der Waals surface area (Å²) >= 11 is 0. The van der Waals surface area contributed by atoms with Crippen molar-refractivity contribution < 1.29 is 9.18 Å². The van der Waals surface area contributed by atoms with Gasteiger partial charge >= 0.3 is 0 Å². The van der Waals surface area contributed by atoms with Crippen LogP contribution in [0.2, 0.25) is 0 Å². The molecule has 21 heavy (non-hydrogen) atoms. The molecular formula is C17H19FN2O. The monoisotopic (exact) mass is 286 g/mol. The van der Waals surface area contributed by atoms with Crippen LogP contribution < -0.4 is 10.6 Å². The molecule has 0 bridgehead atoms. The third-order valence-electron chi connectivity index (χ3n) is 3.48. The van der Waals surface area contributed by atoms with Crippen molar-refractivity contribution in [2.24, 2.45) is 0 Å². The lowest BCUT2D eigenvalue weighted by molar-refractivity contribution is -0.116. The van der Waals surface area contributed by atoms with Gasteiger partial charge in [0.15, 0.2) is 0 Å². The first-order valence-corrected chi connectivity index (χ1v) is 6.86. The highest BCUT2D eigenvalue weighted by molar-refractivity contribution is 5.96. The number of benzene rings is 2. The van der Waals surface area contributed by atoms with E-state index < -0.39 is 6.04 Å². The van der Waals surface area contributed by atoms with Gasteiger partial charge in [-0.3, -0.25) is 4.79 Å². The predicted molar refractivity (Wildman–Crippen MR) is 84.0 cm³/mol. The van der Waals surface area contributed by atoms with E-state index in [1.807, 2.05) is 32.0 Å². The molecule has 110 valence electrons. The maximum Gasteiger partial charge on any atom is 0.246 e. The second-order valence-corrected chi connectivity index (χ2v) is 5.11. The third kappa shape index (κ3) is 3.81. The van der Waals surface area contributed by atoms with Gasteiger partial charge in [-0.05, 0) is 62.2 Å². The summed E-state index contributed by atoms with van der Waals surface area (Å²) in [4.78, 5) is 12.1. The van der Waals surface area contributed by atoms with Crippen molar-refractivity contribution >= 4 is 17.3 Å². The topological polar surface area (TPSA) is 41.1 Å². The van der Waals surface area contributed by atoms with Crippen LogP contribution in [0.3, 0.4) is 0 Å². The van der Waals surface area contributed by atoms with Gasteiger partial charge in [0.1, 0.15) is 11.9 Å². The second-order valence-electron chi connectivity index (χ2n) is 5.11. The Morgan fingerprint density at radius 3 is 2.43 bits per heavy atom. The van der Waals surface area contributed by atoms with E-state index in [0.717, 1.165) is 11.3 Å². The van der Waals surface area contributed by atoms with Crippen LogP contribution in [0.1, 0.15) is 18.1 Å². The Balaban J connectivity index is 2.02. The Morgan fingerprint density at radius 2 is 1.76 bits per heavy atom. The van der Waals surface area contributed by atoms with Gasteiger partial charge in [-0.2, -0.15) is 0 Å². The van der Waals surface area contributed by atoms with Gasteiger partial charge in [0.05, 0.1) is 0 Å². The van der Waals surface area contributed by atoms with E-state index in [-0.39, 0.29) is 11.7 Å². The van der Waals surface area contributed by atoms with Crippen LogP contribution in [0.4, 0.5) is 15.8 Å². The molecule has 0 heterocycles. The fourth-order valence-corrected chi connectivity index (χ4v) is 1.99. The van der Waals surface area contributed by atoms with Crippen LogP contribution in [-0.4, -0.2) is 11.9 Å². The Bertz CT molecular complexity index is 638. The summed E-state index contributed by atoms with van der Waals surface area (Å²) in [7, 11) is 0. The fraction of sp³-hybridized carbons (Fsp3) is 0.235. The predicted octanol–water partition coefficient (Wildman–Crippen LogP) is 3.88. The van der Waals surface area contributed by atoms with Crippen LogP contribution >= 0.6 is 0 Å². The first-order chi connectivity index (χ1) is 9.97. The number of rotatable bonds is 4. The quantitative estimate of drug-likeness (QED) is 0.895. The minimum absolute atomic E-state index is 0.164. The number of carbonyl (C=O) groups is 1. The average molecular weight is 286 g/mol. The number of hydrogen-bond donors (Lipinski definition) is 2. The molecule has 0 aliphatic heterocycles. The molecule has 4 heteroatoms. The first-order valence-electron chi connectivity index (χ1n) is 6.86. The van der Waals surface area contributed by atoms with E-state index in [4.69, 9.17) is 0 Å². The summed E-state index contributed by atoms with van der Waals surface area (Å²) in [5.74, 6) is -0.489. The summed E-state index contributed by atoms with van der Waals surface area (Å²) < 4.78 is 12.8. The Labute approximate surface area is 124 Å². The lowest BCUT2D eigenvalue weighted by atomic mass is 10.1. The van der Waals surface area contributed by atoms with E-state index >= 15 is 0 Å². The van der Waals surface area contributed by atoms with E-state index in [1.54, 1.807) is 6.92 Å². The summed E-state index contributed by atoms with van der Waals surface area (Å²) in [5, 5.41) is 5.95. The number of aryl methyl sites for hydroxylation is 1. The number of nitrogens with one attached hydrogen (secondary N) is 2. The standard InChI is InChI=1S/C17H19FN2O/c1-11-5-4-6-16(12(11)2)19-13(3)17(21)20-15-9-7-14(18)8-10-15/h4-10,13,19H,1-3H3,(H,20,21). The minimum atomic E-state index is -0.393. The van der Waals surface area contributed by atoms with E-state index in [9.17, 15) is 9.18 Å². The second kappa shape index (κ2) is 6.39. The summed E-state index contributed by atoms with van der Waals surface area (Å²) in [6, 6.07) is 11.3. The van der Waals surface area contributed by atoms with Crippen molar-refractivity contribution in [2.75, 3.05) is 10.6 Å². The highest BCUT2D eigenvalue weighted by atomic mass is 19.1. The highest BCUT2D eigenvalue weighted by Gasteiger charge is 2.14. The van der Waals surface area contributed by atoms with Crippen molar-refractivity contribution in [3.05, 3.63) is 59.4 Å². The molecule has 2 rings (SSSR count). The smallest absolute Gasteiger partial charge is 0.246 e. The number of carbonyl (C=O) groups excluding carboxylic acids is 1. The molecule has 0 radical (unpaired) electrons. The summed E-state index contributed by atoms with van der Waals surface area (Å²) in [6.45, 7) is 5.84. The third-order valence-corrected chi connectivity index (χ3v) is 3.48. The molecule has 0 aromatic heterocycles. The molecule has 0 aliphatic carbocycles. The minimum Gasteiger partial charge on any atom is -0.374 e. The molecule has 0 spiro atoms. The zero-order valence-electron chi connectivity index (χ0n) is 12.4. The number of halogens is 1. The molecule has 0 saturated carbocycles. The average Bonchev–Trinajstić information content (AvgIpc) is 2.46. The molecule has 1 amide bonds. The largest absolute Gasteiger partial charge is 0.374 e. The van der Waals surface area contributed by atoms with E-state index in [1.165, 1.54) is 29.8 Å². The molecule has 1 atom stereocenters.